The van der Waals surface area contributed by atoms with Gasteiger partial charge in [-0.25, -0.2) is 0 Å². The summed E-state index contributed by atoms with van der Waals surface area (Å²) in [5, 5.41) is 0. The molecule has 1 aliphatic heterocycles. The zero-order valence-electron chi connectivity index (χ0n) is 7.21. The van der Waals surface area contributed by atoms with E-state index < -0.39 is 5.72 Å². The number of benzene rings is 1. The van der Waals surface area contributed by atoms with Crippen molar-refractivity contribution in [3.8, 4) is 0 Å². The molecule has 0 saturated carbocycles. The van der Waals surface area contributed by atoms with E-state index in [1.807, 2.05) is 25.1 Å². The Morgan fingerprint density at radius 1 is 1.42 bits per heavy atom. The van der Waals surface area contributed by atoms with E-state index in [2.05, 4.69) is 6.07 Å². The van der Waals surface area contributed by atoms with Crippen LogP contribution < -0.4 is 5.73 Å². The molecule has 0 radical (unpaired) electrons. The SMILES string of the molecule is CC1(N)OCCc2ccccc21. The van der Waals surface area contributed by atoms with Crippen LogP contribution in [0.4, 0.5) is 0 Å². The molecular weight excluding hydrogens is 150 g/mol. The molecule has 0 saturated heterocycles. The van der Waals surface area contributed by atoms with Gasteiger partial charge in [0.2, 0.25) is 0 Å². The van der Waals surface area contributed by atoms with E-state index in [4.69, 9.17) is 10.5 Å². The Kier molecular flexibility index (Phi) is 1.67. The molecular formula is C10H13NO. The number of hydrogen-bond acceptors (Lipinski definition) is 2. The summed E-state index contributed by atoms with van der Waals surface area (Å²) in [6.07, 6.45) is 0.975. The first-order chi connectivity index (χ1) is 5.70. The Bertz CT molecular complexity index is 294. The van der Waals surface area contributed by atoms with E-state index in [0.29, 0.717) is 0 Å². The van der Waals surface area contributed by atoms with Crippen LogP contribution in [0.25, 0.3) is 0 Å². The molecule has 2 rings (SSSR count). The van der Waals surface area contributed by atoms with E-state index in [1.165, 1.54) is 5.56 Å². The van der Waals surface area contributed by atoms with Gasteiger partial charge >= 0.3 is 0 Å². The van der Waals surface area contributed by atoms with Crippen molar-refractivity contribution in [1.29, 1.82) is 0 Å². The molecule has 2 nitrogen and oxygen atoms in total. The third-order valence-corrected chi connectivity index (χ3v) is 2.33. The lowest BCUT2D eigenvalue weighted by molar-refractivity contribution is -0.0414. The van der Waals surface area contributed by atoms with E-state index in [-0.39, 0.29) is 0 Å². The summed E-state index contributed by atoms with van der Waals surface area (Å²) in [7, 11) is 0. The fraction of sp³-hybridized carbons (Fsp3) is 0.400. The van der Waals surface area contributed by atoms with Crippen LogP contribution in [0.2, 0.25) is 0 Å². The zero-order chi connectivity index (χ0) is 8.60. The Morgan fingerprint density at radius 2 is 2.17 bits per heavy atom. The van der Waals surface area contributed by atoms with Crippen molar-refractivity contribution in [2.24, 2.45) is 5.73 Å². The van der Waals surface area contributed by atoms with Crippen LogP contribution in [0.1, 0.15) is 18.1 Å². The molecule has 0 amide bonds. The van der Waals surface area contributed by atoms with Gasteiger partial charge in [-0.05, 0) is 18.9 Å². The molecule has 2 N–H and O–H groups in total. The van der Waals surface area contributed by atoms with Crippen molar-refractivity contribution in [3.63, 3.8) is 0 Å². The standard InChI is InChI=1S/C10H13NO/c1-10(11)9-5-3-2-4-8(9)6-7-12-10/h2-5H,6-7,11H2,1H3. The van der Waals surface area contributed by atoms with Gasteiger partial charge in [-0.1, -0.05) is 24.3 Å². The van der Waals surface area contributed by atoms with E-state index in [9.17, 15) is 0 Å². The monoisotopic (exact) mass is 163 g/mol. The maximum Gasteiger partial charge on any atom is 0.140 e. The predicted octanol–water partition coefficient (Wildman–Crippen LogP) is 1.39. The molecule has 0 spiro atoms. The summed E-state index contributed by atoms with van der Waals surface area (Å²) in [4.78, 5) is 0. The number of ether oxygens (including phenoxy) is 1. The minimum absolute atomic E-state index is 0.588. The quantitative estimate of drug-likeness (QED) is 0.627. The third-order valence-electron chi connectivity index (χ3n) is 2.33. The second-order valence-electron chi connectivity index (χ2n) is 3.36. The second-order valence-corrected chi connectivity index (χ2v) is 3.36. The summed E-state index contributed by atoms with van der Waals surface area (Å²) >= 11 is 0. The van der Waals surface area contributed by atoms with Crippen molar-refractivity contribution in [2.45, 2.75) is 19.1 Å². The van der Waals surface area contributed by atoms with E-state index in [0.717, 1.165) is 18.6 Å². The molecule has 1 aromatic carbocycles. The lowest BCUT2D eigenvalue weighted by Crippen LogP contribution is -2.40. The first kappa shape index (κ1) is 7.77. The molecule has 1 aromatic rings. The first-order valence-electron chi connectivity index (χ1n) is 4.21. The molecule has 64 valence electrons. The Morgan fingerprint density at radius 3 is 2.92 bits per heavy atom. The maximum absolute atomic E-state index is 5.97. The van der Waals surface area contributed by atoms with Gasteiger partial charge < -0.3 is 4.74 Å². The van der Waals surface area contributed by atoms with Crippen LogP contribution in [0.5, 0.6) is 0 Å². The Balaban J connectivity index is 2.52. The van der Waals surface area contributed by atoms with Gasteiger partial charge in [0.25, 0.3) is 0 Å². The molecule has 1 unspecified atom stereocenters. The van der Waals surface area contributed by atoms with E-state index >= 15 is 0 Å². The number of hydrogen-bond donors (Lipinski definition) is 1. The maximum atomic E-state index is 5.97. The highest BCUT2D eigenvalue weighted by atomic mass is 16.5. The van der Waals surface area contributed by atoms with Gasteiger partial charge in [-0.15, -0.1) is 0 Å². The summed E-state index contributed by atoms with van der Waals surface area (Å²) in [6, 6.07) is 8.19. The highest BCUT2D eigenvalue weighted by Gasteiger charge is 2.27. The van der Waals surface area contributed by atoms with Crippen LogP contribution in [0.3, 0.4) is 0 Å². The lowest BCUT2D eigenvalue weighted by Gasteiger charge is -2.32. The van der Waals surface area contributed by atoms with Gasteiger partial charge in [0.1, 0.15) is 5.72 Å². The minimum Gasteiger partial charge on any atom is -0.357 e. The van der Waals surface area contributed by atoms with Crippen LogP contribution in [0.15, 0.2) is 24.3 Å². The highest BCUT2D eigenvalue weighted by Crippen LogP contribution is 2.27. The number of fused-ring (bicyclic) bond motifs is 1. The van der Waals surface area contributed by atoms with Crippen molar-refractivity contribution in [1.82, 2.24) is 0 Å². The second kappa shape index (κ2) is 2.57. The first-order valence-corrected chi connectivity index (χ1v) is 4.21. The van der Waals surface area contributed by atoms with Crippen molar-refractivity contribution in [3.05, 3.63) is 35.4 Å². The minimum atomic E-state index is -0.588. The highest BCUT2D eigenvalue weighted by molar-refractivity contribution is 5.32. The molecule has 12 heavy (non-hydrogen) atoms. The lowest BCUT2D eigenvalue weighted by atomic mass is 9.95. The van der Waals surface area contributed by atoms with Gasteiger partial charge in [0, 0.05) is 5.56 Å². The fourth-order valence-electron chi connectivity index (χ4n) is 1.67. The topological polar surface area (TPSA) is 35.2 Å². The van der Waals surface area contributed by atoms with Gasteiger partial charge in [-0.3, -0.25) is 5.73 Å². The van der Waals surface area contributed by atoms with Crippen LogP contribution in [-0.2, 0) is 16.9 Å². The zero-order valence-corrected chi connectivity index (χ0v) is 7.21. The normalized spacial score (nSPS) is 28.2. The molecule has 0 fully saturated rings. The van der Waals surface area contributed by atoms with E-state index in [1.54, 1.807) is 0 Å². The molecule has 0 bridgehead atoms. The average molecular weight is 163 g/mol. The largest absolute Gasteiger partial charge is 0.357 e. The molecule has 2 heteroatoms. The van der Waals surface area contributed by atoms with Crippen LogP contribution in [-0.4, -0.2) is 6.61 Å². The van der Waals surface area contributed by atoms with Crippen LogP contribution >= 0.6 is 0 Å². The summed E-state index contributed by atoms with van der Waals surface area (Å²) in [5.41, 5.74) is 7.81. The van der Waals surface area contributed by atoms with Crippen molar-refractivity contribution < 1.29 is 4.74 Å². The molecule has 1 aliphatic rings. The van der Waals surface area contributed by atoms with Crippen molar-refractivity contribution in [2.75, 3.05) is 6.61 Å². The van der Waals surface area contributed by atoms with Gasteiger partial charge in [-0.2, -0.15) is 0 Å². The summed E-state index contributed by atoms with van der Waals surface area (Å²) in [5.74, 6) is 0. The van der Waals surface area contributed by atoms with Gasteiger partial charge in [0.15, 0.2) is 0 Å². The van der Waals surface area contributed by atoms with Gasteiger partial charge in [0.05, 0.1) is 6.61 Å². The number of rotatable bonds is 0. The molecule has 0 aromatic heterocycles. The average Bonchev–Trinajstić information content (AvgIpc) is 2.04. The van der Waals surface area contributed by atoms with Crippen molar-refractivity contribution >= 4 is 0 Å². The van der Waals surface area contributed by atoms with Crippen LogP contribution in [0, 0.1) is 0 Å². The molecule has 1 atom stereocenters. The Hall–Kier alpha value is -0.860. The fourth-order valence-corrected chi connectivity index (χ4v) is 1.67. The molecule has 0 aliphatic carbocycles. The summed E-state index contributed by atoms with van der Waals surface area (Å²) in [6.45, 7) is 2.63. The summed E-state index contributed by atoms with van der Waals surface area (Å²) < 4.78 is 5.47. The molecule has 1 heterocycles. The number of nitrogens with two attached hydrogens (primary N) is 1. The Labute approximate surface area is 72.3 Å². The smallest absolute Gasteiger partial charge is 0.140 e. The predicted molar refractivity (Wildman–Crippen MR) is 47.6 cm³/mol. The third kappa shape index (κ3) is 1.13.